The molecule has 5 nitrogen and oxygen atoms in total. The van der Waals surface area contributed by atoms with Gasteiger partial charge in [0.15, 0.2) is 6.10 Å². The molecule has 1 aromatic heterocycles. The molecule has 0 saturated heterocycles. The summed E-state index contributed by atoms with van der Waals surface area (Å²) in [6.45, 7) is 1.57. The highest BCUT2D eigenvalue weighted by Gasteiger charge is 2.23. The summed E-state index contributed by atoms with van der Waals surface area (Å²) in [5.74, 6) is -1.19. The SMILES string of the molecule is C[C@H](Oc1ccc(Cl)cc1Cl)C(=O)n1cc(C(=O)O)c2ccccc21. The lowest BCUT2D eigenvalue weighted by atomic mass is 10.2. The van der Waals surface area contributed by atoms with Gasteiger partial charge in [-0.15, -0.1) is 0 Å². The molecule has 0 fully saturated rings. The minimum absolute atomic E-state index is 0.0562. The minimum atomic E-state index is -1.10. The van der Waals surface area contributed by atoms with Gasteiger partial charge in [-0.1, -0.05) is 41.4 Å². The first-order valence-corrected chi connectivity index (χ1v) is 8.13. The van der Waals surface area contributed by atoms with E-state index in [9.17, 15) is 14.7 Å². The molecule has 0 amide bonds. The van der Waals surface area contributed by atoms with Crippen molar-refractivity contribution in [2.24, 2.45) is 0 Å². The molecule has 1 N–H and O–H groups in total. The number of rotatable bonds is 4. The number of para-hydroxylation sites is 1. The lowest BCUT2D eigenvalue weighted by Gasteiger charge is -2.15. The monoisotopic (exact) mass is 377 g/mol. The second kappa shape index (κ2) is 6.78. The number of carboxylic acids is 1. The maximum atomic E-state index is 12.8. The molecule has 7 heteroatoms. The summed E-state index contributed by atoms with van der Waals surface area (Å²) in [6, 6.07) is 11.5. The summed E-state index contributed by atoms with van der Waals surface area (Å²) in [6.07, 6.45) is 0.426. The van der Waals surface area contributed by atoms with E-state index in [4.69, 9.17) is 27.9 Å². The predicted molar refractivity (Wildman–Crippen MR) is 96.1 cm³/mol. The van der Waals surface area contributed by atoms with Gasteiger partial charge in [0.05, 0.1) is 16.1 Å². The molecule has 25 heavy (non-hydrogen) atoms. The Bertz CT molecular complexity index is 980. The van der Waals surface area contributed by atoms with Gasteiger partial charge >= 0.3 is 5.97 Å². The Morgan fingerprint density at radius 2 is 1.88 bits per heavy atom. The van der Waals surface area contributed by atoms with Crippen LogP contribution in [0.5, 0.6) is 5.75 Å². The molecule has 0 aliphatic heterocycles. The average Bonchev–Trinajstić information content (AvgIpc) is 2.96. The van der Waals surface area contributed by atoms with Gasteiger partial charge in [-0.05, 0) is 31.2 Å². The van der Waals surface area contributed by atoms with Gasteiger partial charge < -0.3 is 9.84 Å². The number of hydrogen-bond acceptors (Lipinski definition) is 3. The molecule has 0 aliphatic rings. The Morgan fingerprint density at radius 3 is 2.56 bits per heavy atom. The Kier molecular flexibility index (Phi) is 4.70. The summed E-state index contributed by atoms with van der Waals surface area (Å²) in [5.41, 5.74) is 0.559. The van der Waals surface area contributed by atoms with Crippen molar-refractivity contribution in [2.75, 3.05) is 0 Å². The van der Waals surface area contributed by atoms with Crippen LogP contribution in [0, 0.1) is 0 Å². The summed E-state index contributed by atoms with van der Waals surface area (Å²) in [4.78, 5) is 24.2. The zero-order valence-electron chi connectivity index (χ0n) is 13.1. The predicted octanol–water partition coefficient (Wildman–Crippen LogP) is 4.75. The highest BCUT2D eigenvalue weighted by molar-refractivity contribution is 6.35. The van der Waals surface area contributed by atoms with Gasteiger partial charge in [0.25, 0.3) is 5.91 Å². The largest absolute Gasteiger partial charge is 0.479 e. The van der Waals surface area contributed by atoms with Crippen LogP contribution in [-0.4, -0.2) is 27.7 Å². The molecule has 0 radical (unpaired) electrons. The fourth-order valence-electron chi connectivity index (χ4n) is 2.54. The van der Waals surface area contributed by atoms with Crippen LogP contribution in [0.4, 0.5) is 0 Å². The summed E-state index contributed by atoms with van der Waals surface area (Å²) in [7, 11) is 0. The number of aromatic carboxylic acids is 1. The van der Waals surface area contributed by atoms with Gasteiger partial charge in [-0.25, -0.2) is 4.79 Å². The average molecular weight is 378 g/mol. The van der Waals surface area contributed by atoms with Crippen molar-refractivity contribution in [1.82, 2.24) is 4.57 Å². The van der Waals surface area contributed by atoms with Crippen LogP contribution in [0.25, 0.3) is 10.9 Å². The summed E-state index contributed by atoms with van der Waals surface area (Å²) < 4.78 is 6.91. The fraction of sp³-hybridized carbons (Fsp3) is 0.111. The standard InChI is InChI=1S/C18H13Cl2NO4/c1-10(25-16-7-6-11(19)8-14(16)20)17(22)21-9-13(18(23)24)12-4-2-3-5-15(12)21/h2-10H,1H3,(H,23,24)/t10-/m0/s1. The van der Waals surface area contributed by atoms with Crippen LogP contribution in [0.15, 0.2) is 48.7 Å². The third-order valence-electron chi connectivity index (χ3n) is 3.73. The molecule has 0 aliphatic carbocycles. The minimum Gasteiger partial charge on any atom is -0.479 e. The Balaban J connectivity index is 1.95. The van der Waals surface area contributed by atoms with Crippen molar-refractivity contribution >= 4 is 46.0 Å². The van der Waals surface area contributed by atoms with E-state index in [0.29, 0.717) is 21.7 Å². The molecule has 128 valence electrons. The lowest BCUT2D eigenvalue weighted by Crippen LogP contribution is -2.28. The number of carbonyl (C=O) groups is 2. The van der Waals surface area contributed by atoms with Gasteiger partial charge in [-0.3, -0.25) is 9.36 Å². The molecule has 3 aromatic rings. The number of carbonyl (C=O) groups excluding carboxylic acids is 1. The third-order valence-corrected chi connectivity index (χ3v) is 4.26. The van der Waals surface area contributed by atoms with Crippen molar-refractivity contribution in [3.8, 4) is 5.75 Å². The fourth-order valence-corrected chi connectivity index (χ4v) is 2.99. The Morgan fingerprint density at radius 1 is 1.16 bits per heavy atom. The second-order valence-electron chi connectivity index (χ2n) is 5.41. The molecule has 3 rings (SSSR count). The number of aromatic nitrogens is 1. The topological polar surface area (TPSA) is 68.5 Å². The molecule has 0 spiro atoms. The highest BCUT2D eigenvalue weighted by Crippen LogP contribution is 2.29. The summed E-state index contributed by atoms with van der Waals surface area (Å²) in [5, 5.41) is 10.6. The second-order valence-corrected chi connectivity index (χ2v) is 6.25. The van der Waals surface area contributed by atoms with E-state index in [-0.39, 0.29) is 10.6 Å². The molecular formula is C18H13Cl2NO4. The van der Waals surface area contributed by atoms with Gasteiger partial charge in [0.2, 0.25) is 0 Å². The van der Waals surface area contributed by atoms with Crippen molar-refractivity contribution in [2.45, 2.75) is 13.0 Å². The normalized spacial score (nSPS) is 12.1. The van der Waals surface area contributed by atoms with E-state index in [2.05, 4.69) is 0 Å². The Labute approximate surface area is 153 Å². The van der Waals surface area contributed by atoms with E-state index in [1.54, 1.807) is 43.3 Å². The molecule has 1 heterocycles. The van der Waals surface area contributed by atoms with E-state index < -0.39 is 18.0 Å². The van der Waals surface area contributed by atoms with E-state index in [0.717, 1.165) is 0 Å². The Hall–Kier alpha value is -2.50. The smallest absolute Gasteiger partial charge is 0.337 e. The summed E-state index contributed by atoms with van der Waals surface area (Å²) >= 11 is 11.9. The van der Waals surface area contributed by atoms with E-state index >= 15 is 0 Å². The highest BCUT2D eigenvalue weighted by atomic mass is 35.5. The zero-order chi connectivity index (χ0) is 18.1. The molecule has 1 atom stereocenters. The molecule has 0 unspecified atom stereocenters. The number of nitrogens with zero attached hydrogens (tertiary/aromatic N) is 1. The number of halogens is 2. The van der Waals surface area contributed by atoms with Crippen molar-refractivity contribution in [3.05, 3.63) is 64.3 Å². The first-order chi connectivity index (χ1) is 11.9. The molecule has 0 saturated carbocycles. The van der Waals surface area contributed by atoms with E-state index in [1.807, 2.05) is 0 Å². The van der Waals surface area contributed by atoms with Crippen LogP contribution >= 0.6 is 23.2 Å². The van der Waals surface area contributed by atoms with Crippen molar-refractivity contribution < 1.29 is 19.4 Å². The number of ether oxygens (including phenoxy) is 1. The molecule has 2 aromatic carbocycles. The maximum Gasteiger partial charge on any atom is 0.337 e. The van der Waals surface area contributed by atoms with Crippen LogP contribution in [0.1, 0.15) is 22.1 Å². The van der Waals surface area contributed by atoms with Crippen molar-refractivity contribution in [3.63, 3.8) is 0 Å². The van der Waals surface area contributed by atoms with Crippen LogP contribution in [0.3, 0.4) is 0 Å². The van der Waals surface area contributed by atoms with Gasteiger partial charge in [0.1, 0.15) is 5.75 Å². The molecular weight excluding hydrogens is 365 g/mol. The first kappa shape index (κ1) is 17.3. The maximum absolute atomic E-state index is 12.8. The zero-order valence-corrected chi connectivity index (χ0v) is 14.6. The molecule has 0 bridgehead atoms. The van der Waals surface area contributed by atoms with Gasteiger partial charge in [0, 0.05) is 16.6 Å². The van der Waals surface area contributed by atoms with Crippen LogP contribution in [-0.2, 0) is 0 Å². The van der Waals surface area contributed by atoms with Gasteiger partial charge in [-0.2, -0.15) is 0 Å². The third kappa shape index (κ3) is 3.34. The van der Waals surface area contributed by atoms with Crippen LogP contribution < -0.4 is 4.74 Å². The number of carboxylic acid groups (broad SMARTS) is 1. The first-order valence-electron chi connectivity index (χ1n) is 7.38. The number of hydrogen-bond donors (Lipinski definition) is 1. The quantitative estimate of drug-likeness (QED) is 0.711. The van der Waals surface area contributed by atoms with Crippen molar-refractivity contribution in [1.29, 1.82) is 0 Å². The lowest BCUT2D eigenvalue weighted by molar-refractivity contribution is 0.0698. The van der Waals surface area contributed by atoms with Crippen LogP contribution in [0.2, 0.25) is 10.0 Å². The number of benzene rings is 2. The number of fused-ring (bicyclic) bond motifs is 1. The van der Waals surface area contributed by atoms with E-state index in [1.165, 1.54) is 16.8 Å².